The topological polar surface area (TPSA) is 27.0 Å². The molecule has 0 atom stereocenters. The zero-order chi connectivity index (χ0) is 17.1. The van der Waals surface area contributed by atoms with Gasteiger partial charge in [0.15, 0.2) is 0 Å². The number of halogens is 3. The lowest BCUT2D eigenvalue weighted by Crippen LogP contribution is -2.42. The Morgan fingerprint density at radius 1 is 1.26 bits per heavy atom. The molecule has 2 rings (SSSR count). The summed E-state index contributed by atoms with van der Waals surface area (Å²) in [7, 11) is 0. The second-order valence-corrected chi connectivity index (χ2v) is 6.83. The van der Waals surface area contributed by atoms with Gasteiger partial charge in [-0.25, -0.2) is 0 Å². The van der Waals surface area contributed by atoms with Gasteiger partial charge in [-0.3, -0.25) is 4.90 Å². The SMILES string of the molecule is CC(C)C1(CC#N)CCN(Cc2cccc(C(F)(F)F)c2)CC1. The first-order chi connectivity index (χ1) is 10.8. The second-order valence-electron chi connectivity index (χ2n) is 6.83. The van der Waals surface area contributed by atoms with Crippen molar-refractivity contribution in [3.05, 3.63) is 35.4 Å². The molecule has 0 aromatic heterocycles. The van der Waals surface area contributed by atoms with Crippen molar-refractivity contribution >= 4 is 0 Å². The summed E-state index contributed by atoms with van der Waals surface area (Å²) >= 11 is 0. The summed E-state index contributed by atoms with van der Waals surface area (Å²) in [6, 6.07) is 7.86. The van der Waals surface area contributed by atoms with Gasteiger partial charge in [0.2, 0.25) is 0 Å². The lowest BCUT2D eigenvalue weighted by Gasteiger charge is -2.43. The maximum absolute atomic E-state index is 12.8. The Kier molecular flexibility index (Phi) is 5.36. The molecule has 1 fully saturated rings. The summed E-state index contributed by atoms with van der Waals surface area (Å²) in [5.41, 5.74) is 0.157. The van der Waals surface area contributed by atoms with Gasteiger partial charge in [0.1, 0.15) is 0 Å². The van der Waals surface area contributed by atoms with Crippen molar-refractivity contribution in [2.45, 2.75) is 45.8 Å². The van der Waals surface area contributed by atoms with Gasteiger partial charge in [0, 0.05) is 13.0 Å². The van der Waals surface area contributed by atoms with E-state index in [9.17, 15) is 13.2 Å². The van der Waals surface area contributed by atoms with E-state index in [1.165, 1.54) is 12.1 Å². The largest absolute Gasteiger partial charge is 0.416 e. The van der Waals surface area contributed by atoms with E-state index in [0.717, 1.165) is 32.0 Å². The fourth-order valence-corrected chi connectivity index (χ4v) is 3.38. The van der Waals surface area contributed by atoms with E-state index in [4.69, 9.17) is 5.26 Å². The normalized spacial score (nSPS) is 18.8. The second kappa shape index (κ2) is 6.92. The van der Waals surface area contributed by atoms with Crippen LogP contribution in [-0.2, 0) is 12.7 Å². The van der Waals surface area contributed by atoms with Gasteiger partial charge in [-0.05, 0) is 48.9 Å². The van der Waals surface area contributed by atoms with Crippen LogP contribution in [-0.4, -0.2) is 18.0 Å². The lowest BCUT2D eigenvalue weighted by atomic mass is 9.68. The first-order valence-electron chi connectivity index (χ1n) is 8.02. The van der Waals surface area contributed by atoms with Crippen molar-refractivity contribution in [1.82, 2.24) is 4.90 Å². The van der Waals surface area contributed by atoms with Crippen LogP contribution >= 0.6 is 0 Å². The first kappa shape index (κ1) is 17.8. The van der Waals surface area contributed by atoms with Gasteiger partial charge in [-0.1, -0.05) is 32.0 Å². The smallest absolute Gasteiger partial charge is 0.299 e. The van der Waals surface area contributed by atoms with Crippen molar-refractivity contribution in [3.63, 3.8) is 0 Å². The Morgan fingerprint density at radius 2 is 1.91 bits per heavy atom. The molecule has 1 aliphatic heterocycles. The number of benzene rings is 1. The Balaban J connectivity index is 2.01. The van der Waals surface area contributed by atoms with Gasteiger partial charge < -0.3 is 0 Å². The van der Waals surface area contributed by atoms with E-state index < -0.39 is 11.7 Å². The number of nitriles is 1. The molecule has 0 N–H and O–H groups in total. The molecule has 0 bridgehead atoms. The predicted octanol–water partition coefficient (Wildman–Crippen LogP) is 4.86. The number of hydrogen-bond acceptors (Lipinski definition) is 2. The number of rotatable bonds is 4. The molecular formula is C18H23F3N2. The molecule has 1 aliphatic rings. The average molecular weight is 324 g/mol. The molecule has 2 nitrogen and oxygen atoms in total. The zero-order valence-corrected chi connectivity index (χ0v) is 13.7. The molecule has 0 spiro atoms. The van der Waals surface area contributed by atoms with Crippen LogP contribution in [0.1, 0.15) is 44.2 Å². The van der Waals surface area contributed by atoms with Gasteiger partial charge in [-0.2, -0.15) is 18.4 Å². The van der Waals surface area contributed by atoms with E-state index in [2.05, 4.69) is 24.8 Å². The van der Waals surface area contributed by atoms with E-state index >= 15 is 0 Å². The van der Waals surface area contributed by atoms with Crippen LogP contribution in [0.2, 0.25) is 0 Å². The Labute approximate surface area is 135 Å². The van der Waals surface area contributed by atoms with Crippen LogP contribution in [0.5, 0.6) is 0 Å². The third-order valence-electron chi connectivity index (χ3n) is 5.17. The molecule has 0 unspecified atom stereocenters. The van der Waals surface area contributed by atoms with Crippen molar-refractivity contribution in [1.29, 1.82) is 5.26 Å². The standard InChI is InChI=1S/C18H23F3N2/c1-14(2)17(6-9-22)7-10-23(11-8-17)13-15-4-3-5-16(12-15)18(19,20)21/h3-5,12,14H,6-8,10-11,13H2,1-2H3. The van der Waals surface area contributed by atoms with E-state index in [0.29, 0.717) is 24.4 Å². The van der Waals surface area contributed by atoms with Crippen LogP contribution in [0.25, 0.3) is 0 Å². The van der Waals surface area contributed by atoms with Gasteiger partial charge in [-0.15, -0.1) is 0 Å². The zero-order valence-electron chi connectivity index (χ0n) is 13.7. The van der Waals surface area contributed by atoms with Crippen LogP contribution < -0.4 is 0 Å². The fourth-order valence-electron chi connectivity index (χ4n) is 3.38. The first-order valence-corrected chi connectivity index (χ1v) is 8.02. The van der Waals surface area contributed by atoms with Crippen molar-refractivity contribution in [3.8, 4) is 6.07 Å². The van der Waals surface area contributed by atoms with Crippen LogP contribution in [0.3, 0.4) is 0 Å². The number of hydrogen-bond donors (Lipinski definition) is 0. The quantitative estimate of drug-likeness (QED) is 0.791. The minimum atomic E-state index is -4.29. The third-order valence-corrected chi connectivity index (χ3v) is 5.17. The number of piperidine rings is 1. The Morgan fingerprint density at radius 3 is 2.43 bits per heavy atom. The molecule has 0 amide bonds. The summed E-state index contributed by atoms with van der Waals surface area (Å²) in [5.74, 6) is 0.442. The van der Waals surface area contributed by atoms with Crippen molar-refractivity contribution < 1.29 is 13.2 Å². The molecule has 1 aromatic rings. The molecule has 23 heavy (non-hydrogen) atoms. The number of likely N-dealkylation sites (tertiary alicyclic amines) is 1. The highest BCUT2D eigenvalue weighted by atomic mass is 19.4. The Hall–Kier alpha value is -1.54. The van der Waals surface area contributed by atoms with Gasteiger partial charge in [0.05, 0.1) is 11.6 Å². The lowest BCUT2D eigenvalue weighted by molar-refractivity contribution is -0.137. The fraction of sp³-hybridized carbons (Fsp3) is 0.611. The molecule has 5 heteroatoms. The molecule has 1 heterocycles. The summed E-state index contributed by atoms with van der Waals surface area (Å²) in [6.45, 7) is 6.50. The number of alkyl halides is 3. The van der Waals surface area contributed by atoms with Crippen molar-refractivity contribution in [2.24, 2.45) is 11.3 Å². The van der Waals surface area contributed by atoms with Crippen LogP contribution in [0.15, 0.2) is 24.3 Å². The molecule has 0 radical (unpaired) electrons. The highest BCUT2D eigenvalue weighted by Crippen LogP contribution is 2.42. The highest BCUT2D eigenvalue weighted by Gasteiger charge is 2.37. The van der Waals surface area contributed by atoms with Crippen LogP contribution in [0, 0.1) is 22.7 Å². The summed E-state index contributed by atoms with van der Waals surface area (Å²) < 4.78 is 38.3. The van der Waals surface area contributed by atoms with Crippen molar-refractivity contribution in [2.75, 3.05) is 13.1 Å². The molecule has 126 valence electrons. The summed E-state index contributed by atoms with van der Waals surface area (Å²) in [5, 5.41) is 9.07. The maximum Gasteiger partial charge on any atom is 0.416 e. The molecule has 1 aromatic carbocycles. The predicted molar refractivity (Wildman–Crippen MR) is 83.5 cm³/mol. The molecule has 0 aliphatic carbocycles. The summed E-state index contributed by atoms with van der Waals surface area (Å²) in [4.78, 5) is 2.19. The summed E-state index contributed by atoms with van der Waals surface area (Å²) in [6.07, 6.45) is -1.88. The number of nitrogens with zero attached hydrogens (tertiary/aromatic N) is 2. The van der Waals surface area contributed by atoms with Gasteiger partial charge >= 0.3 is 6.18 Å². The van der Waals surface area contributed by atoms with Crippen LogP contribution in [0.4, 0.5) is 13.2 Å². The minimum absolute atomic E-state index is 0.0546. The Bertz CT molecular complexity index is 564. The van der Waals surface area contributed by atoms with E-state index in [1.54, 1.807) is 6.07 Å². The van der Waals surface area contributed by atoms with Gasteiger partial charge in [0.25, 0.3) is 0 Å². The molecular weight excluding hydrogens is 301 g/mol. The minimum Gasteiger partial charge on any atom is -0.299 e. The van der Waals surface area contributed by atoms with E-state index in [-0.39, 0.29) is 5.41 Å². The maximum atomic E-state index is 12.8. The highest BCUT2D eigenvalue weighted by molar-refractivity contribution is 5.25. The monoisotopic (exact) mass is 324 g/mol. The molecule has 0 saturated carbocycles. The average Bonchev–Trinajstić information content (AvgIpc) is 2.49. The van der Waals surface area contributed by atoms with E-state index in [1.807, 2.05) is 0 Å². The third kappa shape index (κ3) is 4.26. The molecule has 1 saturated heterocycles.